The summed E-state index contributed by atoms with van der Waals surface area (Å²) in [6, 6.07) is 3.10. The summed E-state index contributed by atoms with van der Waals surface area (Å²) in [7, 11) is 2.73. The smallest absolute Gasteiger partial charge is 0.265 e. The number of benzene rings is 1. The largest absolute Gasteiger partial charge is 0.490 e. The first-order valence-electron chi connectivity index (χ1n) is 6.46. The lowest BCUT2D eigenvalue weighted by Crippen LogP contribution is -2.13. The Balaban J connectivity index is 2.31. The topological polar surface area (TPSA) is 71.1 Å². The standard InChI is InChI=1S/C13H18ClFO6S/c1-18-4-5-19-6-7-20-8-9-21-12-3-2-11(15)10-13(12)22(14,16)17/h2-3,10H,4-9H2,1H3. The summed E-state index contributed by atoms with van der Waals surface area (Å²) < 4.78 is 56.2. The van der Waals surface area contributed by atoms with Crippen LogP contribution < -0.4 is 4.74 Å². The number of hydrogen-bond acceptors (Lipinski definition) is 6. The molecular weight excluding hydrogens is 339 g/mol. The van der Waals surface area contributed by atoms with Gasteiger partial charge in [-0.3, -0.25) is 0 Å². The molecule has 1 rings (SSSR count). The van der Waals surface area contributed by atoms with Gasteiger partial charge in [0, 0.05) is 17.8 Å². The Morgan fingerprint density at radius 2 is 1.64 bits per heavy atom. The average molecular weight is 357 g/mol. The van der Waals surface area contributed by atoms with Crippen LogP contribution in [0.15, 0.2) is 23.1 Å². The Morgan fingerprint density at radius 1 is 1.05 bits per heavy atom. The molecule has 0 unspecified atom stereocenters. The Labute approximate surface area is 133 Å². The van der Waals surface area contributed by atoms with E-state index in [0.717, 1.165) is 12.1 Å². The summed E-state index contributed by atoms with van der Waals surface area (Å²) in [5, 5.41) is 0. The fourth-order valence-corrected chi connectivity index (χ4v) is 2.45. The van der Waals surface area contributed by atoms with Crippen LogP contribution >= 0.6 is 10.7 Å². The van der Waals surface area contributed by atoms with Crippen molar-refractivity contribution in [2.75, 3.05) is 46.8 Å². The van der Waals surface area contributed by atoms with Crippen LogP contribution in [0, 0.1) is 5.82 Å². The van der Waals surface area contributed by atoms with Gasteiger partial charge in [0.2, 0.25) is 0 Å². The van der Waals surface area contributed by atoms with Gasteiger partial charge in [-0.2, -0.15) is 0 Å². The molecule has 0 saturated carbocycles. The molecule has 0 atom stereocenters. The van der Waals surface area contributed by atoms with E-state index in [4.69, 9.17) is 29.6 Å². The molecule has 0 aromatic heterocycles. The van der Waals surface area contributed by atoms with Gasteiger partial charge >= 0.3 is 0 Å². The third-order valence-corrected chi connectivity index (χ3v) is 3.80. The molecule has 22 heavy (non-hydrogen) atoms. The molecule has 1 aromatic carbocycles. The first-order valence-corrected chi connectivity index (χ1v) is 8.77. The maximum absolute atomic E-state index is 13.1. The molecule has 0 aliphatic carbocycles. The van der Waals surface area contributed by atoms with Gasteiger partial charge in [-0.1, -0.05) is 0 Å². The van der Waals surface area contributed by atoms with Crippen molar-refractivity contribution in [1.82, 2.24) is 0 Å². The minimum Gasteiger partial charge on any atom is -0.490 e. The van der Waals surface area contributed by atoms with Gasteiger partial charge in [0.05, 0.1) is 33.0 Å². The van der Waals surface area contributed by atoms with Gasteiger partial charge in [-0.15, -0.1) is 0 Å². The highest BCUT2D eigenvalue weighted by atomic mass is 35.7. The van der Waals surface area contributed by atoms with Crippen molar-refractivity contribution in [3.05, 3.63) is 24.0 Å². The monoisotopic (exact) mass is 356 g/mol. The molecule has 0 fully saturated rings. The fraction of sp³-hybridized carbons (Fsp3) is 0.538. The third-order valence-electron chi connectivity index (χ3n) is 2.46. The maximum atomic E-state index is 13.1. The van der Waals surface area contributed by atoms with Crippen LogP contribution in [-0.4, -0.2) is 55.2 Å². The van der Waals surface area contributed by atoms with Crippen molar-refractivity contribution in [2.24, 2.45) is 0 Å². The first kappa shape index (κ1) is 19.1. The van der Waals surface area contributed by atoms with Gasteiger partial charge in [-0.25, -0.2) is 12.8 Å². The predicted molar refractivity (Wildman–Crippen MR) is 78.4 cm³/mol. The van der Waals surface area contributed by atoms with Gasteiger partial charge < -0.3 is 18.9 Å². The van der Waals surface area contributed by atoms with Crippen molar-refractivity contribution in [3.63, 3.8) is 0 Å². The summed E-state index contributed by atoms with van der Waals surface area (Å²) in [6.07, 6.45) is 0. The van der Waals surface area contributed by atoms with E-state index in [1.165, 1.54) is 6.07 Å². The molecule has 0 heterocycles. The molecule has 0 amide bonds. The highest BCUT2D eigenvalue weighted by molar-refractivity contribution is 8.13. The zero-order valence-electron chi connectivity index (χ0n) is 12.1. The van der Waals surface area contributed by atoms with Crippen LogP contribution in [0.2, 0.25) is 0 Å². The van der Waals surface area contributed by atoms with Crippen LogP contribution in [0.4, 0.5) is 4.39 Å². The minimum absolute atomic E-state index is 0.0173. The maximum Gasteiger partial charge on any atom is 0.265 e. The Morgan fingerprint density at radius 3 is 2.23 bits per heavy atom. The zero-order valence-corrected chi connectivity index (χ0v) is 13.7. The van der Waals surface area contributed by atoms with E-state index in [9.17, 15) is 12.8 Å². The molecule has 126 valence electrons. The third kappa shape index (κ3) is 7.37. The molecule has 0 bridgehead atoms. The van der Waals surface area contributed by atoms with Crippen molar-refractivity contribution in [3.8, 4) is 5.75 Å². The van der Waals surface area contributed by atoms with E-state index >= 15 is 0 Å². The summed E-state index contributed by atoms with van der Waals surface area (Å²) in [5.41, 5.74) is 0. The number of hydrogen-bond donors (Lipinski definition) is 0. The second kappa shape index (κ2) is 9.96. The highest BCUT2D eigenvalue weighted by Crippen LogP contribution is 2.27. The lowest BCUT2D eigenvalue weighted by Gasteiger charge is -2.10. The highest BCUT2D eigenvalue weighted by Gasteiger charge is 2.17. The molecular formula is C13H18ClFO6S. The van der Waals surface area contributed by atoms with E-state index in [1.54, 1.807) is 7.11 Å². The van der Waals surface area contributed by atoms with Crippen LogP contribution in [0.25, 0.3) is 0 Å². The molecule has 1 aromatic rings. The van der Waals surface area contributed by atoms with E-state index in [2.05, 4.69) is 0 Å². The quantitative estimate of drug-likeness (QED) is 0.445. The number of rotatable bonds is 11. The van der Waals surface area contributed by atoms with Gasteiger partial charge in [0.1, 0.15) is 23.1 Å². The number of ether oxygens (including phenoxy) is 4. The molecule has 6 nitrogen and oxygen atoms in total. The Hall–Kier alpha value is -0.930. The summed E-state index contributed by atoms with van der Waals surface area (Å²) >= 11 is 0. The predicted octanol–water partition coefficient (Wildman–Crippen LogP) is 1.81. The average Bonchev–Trinajstić information content (AvgIpc) is 2.46. The van der Waals surface area contributed by atoms with Crippen molar-refractivity contribution in [1.29, 1.82) is 0 Å². The molecule has 0 spiro atoms. The fourth-order valence-electron chi connectivity index (χ4n) is 1.47. The van der Waals surface area contributed by atoms with E-state index in [1.807, 2.05) is 0 Å². The van der Waals surface area contributed by atoms with E-state index in [0.29, 0.717) is 26.4 Å². The first-order chi connectivity index (χ1) is 10.4. The normalized spacial score (nSPS) is 11.6. The Bertz CT molecular complexity index is 551. The Kier molecular flexibility index (Phi) is 8.66. The summed E-state index contributed by atoms with van der Waals surface area (Å²) in [5.74, 6) is -0.729. The molecule has 0 aliphatic heterocycles. The molecule has 0 aliphatic rings. The molecule has 0 N–H and O–H groups in total. The molecule has 0 saturated heterocycles. The van der Waals surface area contributed by atoms with Gasteiger partial charge in [0.25, 0.3) is 9.05 Å². The van der Waals surface area contributed by atoms with Crippen molar-refractivity contribution >= 4 is 19.7 Å². The number of methoxy groups -OCH3 is 1. The minimum atomic E-state index is -4.08. The second-order valence-corrected chi connectivity index (χ2v) is 6.63. The van der Waals surface area contributed by atoms with Crippen LogP contribution in [-0.2, 0) is 23.3 Å². The summed E-state index contributed by atoms with van der Waals surface area (Å²) in [4.78, 5) is -0.405. The lowest BCUT2D eigenvalue weighted by atomic mass is 10.3. The van der Waals surface area contributed by atoms with E-state index in [-0.39, 0.29) is 19.0 Å². The molecule has 9 heteroatoms. The van der Waals surface area contributed by atoms with Gasteiger partial charge in [-0.05, 0) is 18.2 Å². The SMILES string of the molecule is COCCOCCOCCOc1ccc(F)cc1S(=O)(=O)Cl. The number of halogens is 2. The summed E-state index contributed by atoms with van der Waals surface area (Å²) in [6.45, 7) is 2.13. The van der Waals surface area contributed by atoms with Crippen molar-refractivity contribution < 1.29 is 31.8 Å². The zero-order chi connectivity index (χ0) is 16.4. The lowest BCUT2D eigenvalue weighted by molar-refractivity contribution is 0.0178. The van der Waals surface area contributed by atoms with Crippen molar-refractivity contribution in [2.45, 2.75) is 4.90 Å². The van der Waals surface area contributed by atoms with Crippen LogP contribution in [0.5, 0.6) is 5.75 Å². The van der Waals surface area contributed by atoms with Gasteiger partial charge in [0.15, 0.2) is 0 Å². The van der Waals surface area contributed by atoms with Crippen LogP contribution in [0.1, 0.15) is 0 Å². The molecule has 0 radical (unpaired) electrons. The van der Waals surface area contributed by atoms with E-state index < -0.39 is 19.8 Å². The second-order valence-electron chi connectivity index (χ2n) is 4.09. The van der Waals surface area contributed by atoms with Crippen LogP contribution in [0.3, 0.4) is 0 Å².